The van der Waals surface area contributed by atoms with Crippen molar-refractivity contribution in [3.05, 3.63) is 233 Å². The van der Waals surface area contributed by atoms with Crippen LogP contribution in [0.1, 0.15) is 126 Å². The Morgan fingerprint density at radius 2 is 0.761 bits per heavy atom. The molecular weight excluding hydrogens is 1150 g/mol. The van der Waals surface area contributed by atoms with Gasteiger partial charge in [-0.2, -0.15) is 0 Å². The molecule has 1 unspecified atom stereocenters. The van der Waals surface area contributed by atoms with E-state index in [1.165, 1.54) is 55.6 Å². The number of hydrogen-bond donors (Lipinski definition) is 4. The standard InChI is InChI=1S/C43H50O6.C37H44O6/c1-7-41(27-46-39(3,4)47-28-41)25-44-33-21-17-31(18-22-33)43(37-15-11-9-13-35(37)36-14-10-12-16-38(36)43)32-19-23-34(24-20-32)45-26-42(8-2)29-48-40(5,6)49-30-42;1-3-35(21-38,22-39)25-42-29-17-13-27(14-18-29)37(33-11-7-5-9-31(33)32-10-6-8-12-34(32)37)28-15-19-30(20-16-28)43-26-36(4-2,23-40)24-41/h9-24H,7-8,25-30H2,1-6H3;5-19,30,38-41H,3-4,20-26H2,1-2H3. The minimum Gasteiger partial charge on any atom is -0.493 e. The third kappa shape index (κ3) is 12.8. The summed E-state index contributed by atoms with van der Waals surface area (Å²) in [5.41, 5.74) is 11.9. The van der Waals surface area contributed by atoms with Gasteiger partial charge in [-0.1, -0.05) is 179 Å². The monoisotopic (exact) mass is 1250 g/mol. The number of fused-ring (bicyclic) bond motifs is 6. The third-order valence-electron chi connectivity index (χ3n) is 20.7. The Hall–Kier alpha value is -6.94. The highest BCUT2D eigenvalue weighted by Crippen LogP contribution is 2.59. The molecule has 7 aromatic rings. The maximum Gasteiger partial charge on any atom is 0.162 e. The van der Waals surface area contributed by atoms with Crippen LogP contribution in [0.25, 0.3) is 22.3 Å². The SMILES string of the molecule is CCC(CO)(CO)COc1ccc(C2(C3=CCC(OCC(CC)(CO)CO)C=C3)c3ccccc3-c3ccccc32)cc1.CCC1(COc2ccc(C3(c4ccc(OCC5(CC)COC(C)(C)OC5)cc4)c4ccccc4-c4ccccc43)cc2)COC(C)(C)OC1. The Labute approximate surface area is 544 Å². The summed E-state index contributed by atoms with van der Waals surface area (Å²) in [4.78, 5) is 0. The molecule has 0 radical (unpaired) electrons. The lowest BCUT2D eigenvalue weighted by Gasteiger charge is -2.42. The van der Waals surface area contributed by atoms with Crippen molar-refractivity contribution in [2.75, 3.05) is 79.3 Å². The average molecular weight is 1250 g/mol. The predicted octanol–water partition coefficient (Wildman–Crippen LogP) is 14.6. The van der Waals surface area contributed by atoms with Crippen LogP contribution >= 0.6 is 0 Å². The molecule has 2 fully saturated rings. The average Bonchev–Trinajstić information content (AvgIpc) is 1.53. The lowest BCUT2D eigenvalue weighted by molar-refractivity contribution is -0.289. The van der Waals surface area contributed by atoms with Crippen molar-refractivity contribution in [2.24, 2.45) is 21.7 Å². The van der Waals surface area contributed by atoms with E-state index in [-0.39, 0.29) is 50.0 Å². The van der Waals surface area contributed by atoms with Crippen LogP contribution in [0.3, 0.4) is 0 Å². The smallest absolute Gasteiger partial charge is 0.162 e. The van der Waals surface area contributed by atoms with Gasteiger partial charge in [-0.25, -0.2) is 0 Å². The largest absolute Gasteiger partial charge is 0.493 e. The van der Waals surface area contributed by atoms with Crippen LogP contribution in [0.5, 0.6) is 17.2 Å². The summed E-state index contributed by atoms with van der Waals surface area (Å²) in [7, 11) is 0. The Balaban J connectivity index is 0.000000190. The molecule has 0 aromatic heterocycles. The van der Waals surface area contributed by atoms with E-state index >= 15 is 0 Å². The molecule has 12 heteroatoms. The van der Waals surface area contributed by atoms with Gasteiger partial charge in [0.2, 0.25) is 0 Å². The minimum atomic E-state index is -0.676. The van der Waals surface area contributed by atoms with Crippen LogP contribution in [0.15, 0.2) is 194 Å². The Morgan fingerprint density at radius 3 is 1.10 bits per heavy atom. The van der Waals surface area contributed by atoms with Crippen LogP contribution < -0.4 is 14.2 Å². The molecule has 12 rings (SSSR count). The Morgan fingerprint density at radius 1 is 0.424 bits per heavy atom. The highest BCUT2D eigenvalue weighted by molar-refractivity contribution is 5.88. The zero-order chi connectivity index (χ0) is 64.8. The van der Waals surface area contributed by atoms with Crippen molar-refractivity contribution in [1.82, 2.24) is 0 Å². The fourth-order valence-electron chi connectivity index (χ4n) is 13.6. The molecule has 486 valence electrons. The highest BCUT2D eigenvalue weighted by atomic mass is 16.7. The molecule has 7 aromatic carbocycles. The maximum absolute atomic E-state index is 9.87. The highest BCUT2D eigenvalue weighted by Gasteiger charge is 2.49. The van der Waals surface area contributed by atoms with Crippen molar-refractivity contribution in [3.63, 3.8) is 0 Å². The minimum absolute atomic E-state index is 0.118. The van der Waals surface area contributed by atoms with E-state index in [1.54, 1.807) is 0 Å². The summed E-state index contributed by atoms with van der Waals surface area (Å²) in [6.45, 7) is 19.6. The number of benzene rings is 7. The fourth-order valence-corrected chi connectivity index (χ4v) is 13.6. The summed E-state index contributed by atoms with van der Waals surface area (Å²) < 4.78 is 49.2. The van der Waals surface area contributed by atoms with Crippen molar-refractivity contribution in [1.29, 1.82) is 0 Å². The van der Waals surface area contributed by atoms with Gasteiger partial charge in [-0.3, -0.25) is 0 Å². The van der Waals surface area contributed by atoms with Gasteiger partial charge in [0, 0.05) is 5.41 Å². The van der Waals surface area contributed by atoms with Gasteiger partial charge in [0.25, 0.3) is 0 Å². The van der Waals surface area contributed by atoms with E-state index < -0.39 is 33.2 Å². The van der Waals surface area contributed by atoms with Gasteiger partial charge >= 0.3 is 0 Å². The van der Waals surface area contributed by atoms with Crippen LogP contribution in [-0.2, 0) is 34.5 Å². The van der Waals surface area contributed by atoms with Crippen molar-refractivity contribution >= 4 is 0 Å². The number of ether oxygens (including phenoxy) is 8. The molecule has 0 amide bonds. The predicted molar refractivity (Wildman–Crippen MR) is 361 cm³/mol. The fraction of sp³-hybridized carbons (Fsp3) is 0.425. The molecule has 2 heterocycles. The molecule has 92 heavy (non-hydrogen) atoms. The van der Waals surface area contributed by atoms with E-state index in [0.717, 1.165) is 35.5 Å². The molecule has 5 aliphatic rings. The maximum atomic E-state index is 9.87. The normalized spacial score (nSPS) is 19.3. The molecular formula is C80H94O12. The quantitative estimate of drug-likeness (QED) is 0.0455. The molecule has 2 aliphatic heterocycles. The lowest BCUT2D eigenvalue weighted by atomic mass is 9.66. The van der Waals surface area contributed by atoms with Crippen LogP contribution in [0.4, 0.5) is 0 Å². The summed E-state index contributed by atoms with van der Waals surface area (Å²) in [5, 5.41) is 39.4. The van der Waals surface area contributed by atoms with E-state index in [2.05, 4.69) is 190 Å². The molecule has 2 saturated heterocycles. The van der Waals surface area contributed by atoms with Gasteiger partial charge in [-0.05, 0) is 163 Å². The van der Waals surface area contributed by atoms with Gasteiger partial charge in [-0.15, -0.1) is 0 Å². The second-order valence-corrected chi connectivity index (χ2v) is 27.2. The molecule has 0 spiro atoms. The van der Waals surface area contributed by atoms with Gasteiger partial charge in [0.1, 0.15) is 17.2 Å². The zero-order valence-corrected chi connectivity index (χ0v) is 55.1. The van der Waals surface area contributed by atoms with Gasteiger partial charge < -0.3 is 58.3 Å². The van der Waals surface area contributed by atoms with Crippen LogP contribution in [-0.4, -0.2) is 117 Å². The third-order valence-corrected chi connectivity index (χ3v) is 20.7. The number of hydrogen-bond acceptors (Lipinski definition) is 12. The van der Waals surface area contributed by atoms with Crippen molar-refractivity contribution < 1.29 is 58.3 Å². The first kappa shape index (κ1) is 66.5. The Bertz CT molecular complexity index is 3450. The van der Waals surface area contributed by atoms with Gasteiger partial charge in [0.15, 0.2) is 11.6 Å². The number of aliphatic hydroxyl groups is 4. The van der Waals surface area contributed by atoms with Gasteiger partial charge in [0.05, 0.1) is 112 Å². The van der Waals surface area contributed by atoms with E-state index in [4.69, 9.17) is 37.9 Å². The van der Waals surface area contributed by atoms with Crippen molar-refractivity contribution in [3.8, 4) is 39.5 Å². The molecule has 12 nitrogen and oxygen atoms in total. The summed E-state index contributed by atoms with van der Waals surface area (Å²) in [5.74, 6) is 1.25. The Kier molecular flexibility index (Phi) is 19.9. The second kappa shape index (κ2) is 27.6. The first-order valence-corrected chi connectivity index (χ1v) is 33.1. The molecule has 0 saturated carbocycles. The van der Waals surface area contributed by atoms with E-state index in [9.17, 15) is 20.4 Å². The molecule has 1 atom stereocenters. The second-order valence-electron chi connectivity index (χ2n) is 27.2. The molecule has 4 N–H and O–H groups in total. The summed E-state index contributed by atoms with van der Waals surface area (Å²) in [6, 6.07) is 60.3. The topological polar surface area (TPSA) is 155 Å². The molecule has 3 aliphatic carbocycles. The summed E-state index contributed by atoms with van der Waals surface area (Å²) in [6.07, 6.45) is 10.1. The van der Waals surface area contributed by atoms with E-state index in [1.807, 2.05) is 53.7 Å². The molecule has 0 bridgehead atoms. The number of rotatable bonds is 24. The first-order chi connectivity index (χ1) is 44.5. The van der Waals surface area contributed by atoms with Crippen LogP contribution in [0, 0.1) is 21.7 Å². The van der Waals surface area contributed by atoms with Crippen LogP contribution in [0.2, 0.25) is 0 Å². The zero-order valence-electron chi connectivity index (χ0n) is 55.1. The van der Waals surface area contributed by atoms with Crippen molar-refractivity contribution in [2.45, 2.75) is 116 Å². The lowest BCUT2D eigenvalue weighted by Crippen LogP contribution is -2.49. The summed E-state index contributed by atoms with van der Waals surface area (Å²) >= 11 is 0. The number of allylic oxidation sites excluding steroid dienone is 2. The number of aliphatic hydroxyl groups excluding tert-OH is 4. The van der Waals surface area contributed by atoms with E-state index in [0.29, 0.717) is 71.3 Å². The first-order valence-electron chi connectivity index (χ1n) is 33.1.